The van der Waals surface area contributed by atoms with E-state index in [1.54, 1.807) is 27.7 Å². The summed E-state index contributed by atoms with van der Waals surface area (Å²) in [4.78, 5) is 81.4. The van der Waals surface area contributed by atoms with Crippen LogP contribution in [0.2, 0.25) is 0 Å². The number of hydrogen-bond donors (Lipinski definition) is 5. The third-order valence-corrected chi connectivity index (χ3v) is 8.79. The molecule has 0 aromatic carbocycles. The van der Waals surface area contributed by atoms with Crippen molar-refractivity contribution in [3.8, 4) is 0 Å². The van der Waals surface area contributed by atoms with E-state index in [0.29, 0.717) is 18.5 Å². The molecule has 0 radical (unpaired) electrons. The number of nitrogens with zero attached hydrogens (tertiary/aromatic N) is 1. The first-order chi connectivity index (χ1) is 21.1. The number of urea groups is 1. The summed E-state index contributed by atoms with van der Waals surface area (Å²) in [6.45, 7) is 26.3. The third kappa shape index (κ3) is 9.42. The Balaban J connectivity index is 2.33. The lowest BCUT2D eigenvalue weighted by Crippen LogP contribution is -2.62. The minimum Gasteiger partial charge on any atom is -0.349 e. The van der Waals surface area contributed by atoms with Gasteiger partial charge in [0.2, 0.25) is 23.5 Å². The molecule has 0 aromatic rings. The van der Waals surface area contributed by atoms with Crippen molar-refractivity contribution < 1.29 is 28.8 Å². The van der Waals surface area contributed by atoms with Gasteiger partial charge in [0.05, 0.1) is 6.04 Å². The molecule has 6 amide bonds. The molecule has 5 N–H and O–H groups in total. The number of piperidine rings is 1. The van der Waals surface area contributed by atoms with Crippen molar-refractivity contribution in [3.05, 3.63) is 24.8 Å². The zero-order valence-corrected chi connectivity index (χ0v) is 29.4. The lowest BCUT2D eigenvalue weighted by Gasteiger charge is -2.38. The standard InChI is InChI=1S/C34H56N6O6/c1-13-15-16-21(25(41)29(44)35-17-14-2)36-28(43)24-22-20(34(22,11)12)18-40(24)30(45)26(32(5,6)7)38-31(46)37-23(19(3)4)27(42)39-33(8,9)10/h14,20-24,26H,2-3,13,15-18H2,1,4-12H3,(H,35,44)(H,36,43)(H,39,42)(H2,37,38,46)/t20-,21?,22-,23-,24-,26+/m0/s1. The minimum absolute atomic E-state index is 0.0521. The van der Waals surface area contributed by atoms with Gasteiger partial charge in [-0.3, -0.25) is 24.0 Å². The summed E-state index contributed by atoms with van der Waals surface area (Å²) in [7, 11) is 0. The molecule has 46 heavy (non-hydrogen) atoms. The average Bonchev–Trinajstić information content (AvgIpc) is 3.25. The zero-order chi connectivity index (χ0) is 35.4. The summed E-state index contributed by atoms with van der Waals surface area (Å²) in [6, 6.07) is -4.75. The Labute approximate surface area is 274 Å². The van der Waals surface area contributed by atoms with Gasteiger partial charge >= 0.3 is 6.03 Å². The highest BCUT2D eigenvalue weighted by molar-refractivity contribution is 6.38. The number of amides is 6. The van der Waals surface area contributed by atoms with Crippen molar-refractivity contribution >= 4 is 35.4 Å². The Kier molecular flexibility index (Phi) is 12.4. The van der Waals surface area contributed by atoms with Crippen molar-refractivity contribution in [1.82, 2.24) is 31.5 Å². The number of hydrogen-bond acceptors (Lipinski definition) is 6. The smallest absolute Gasteiger partial charge is 0.316 e. The largest absolute Gasteiger partial charge is 0.349 e. The van der Waals surface area contributed by atoms with Crippen LogP contribution in [0.5, 0.6) is 0 Å². The second-order valence-corrected chi connectivity index (χ2v) is 15.4. The Morgan fingerprint density at radius 2 is 1.61 bits per heavy atom. The van der Waals surface area contributed by atoms with Gasteiger partial charge in [-0.15, -0.1) is 6.58 Å². The van der Waals surface area contributed by atoms with Crippen LogP contribution in [-0.4, -0.2) is 83.1 Å². The Morgan fingerprint density at radius 1 is 1.00 bits per heavy atom. The van der Waals surface area contributed by atoms with E-state index in [2.05, 4.69) is 39.7 Å². The zero-order valence-electron chi connectivity index (χ0n) is 29.4. The first-order valence-electron chi connectivity index (χ1n) is 16.2. The topological polar surface area (TPSA) is 166 Å². The van der Waals surface area contributed by atoms with Crippen LogP contribution in [0.15, 0.2) is 24.8 Å². The summed E-state index contributed by atoms with van der Waals surface area (Å²) in [5.41, 5.74) is -1.10. The number of unbranched alkanes of at least 4 members (excludes halogenated alkanes) is 1. The van der Waals surface area contributed by atoms with Crippen molar-refractivity contribution in [2.24, 2.45) is 22.7 Å². The summed E-state index contributed by atoms with van der Waals surface area (Å²) >= 11 is 0. The summed E-state index contributed by atoms with van der Waals surface area (Å²) in [6.07, 6.45) is 3.10. The maximum absolute atomic E-state index is 14.2. The number of rotatable bonds is 14. The SMILES string of the molecule is C=CCNC(=O)C(=O)C(CCCC)NC(=O)[C@@H]1[C@@H]2[C@H](CN1C(=O)[C@@H](NC(=O)N[C@@H](C(=C)C)C(=O)NC(C)(C)C)C(C)(C)C)C2(C)C. The average molecular weight is 645 g/mol. The van der Waals surface area contributed by atoms with Crippen LogP contribution in [0, 0.1) is 22.7 Å². The highest BCUT2D eigenvalue weighted by Gasteiger charge is 2.70. The molecule has 1 saturated carbocycles. The van der Waals surface area contributed by atoms with Crippen LogP contribution in [-0.2, 0) is 24.0 Å². The number of carbonyl (C=O) groups excluding carboxylic acids is 6. The Bertz CT molecular complexity index is 1230. The molecule has 6 atom stereocenters. The molecule has 0 bridgehead atoms. The Hall–Kier alpha value is -3.70. The van der Waals surface area contributed by atoms with Gasteiger partial charge in [-0.1, -0.05) is 67.0 Å². The number of Topliss-reactive ketones (excluding diaryl/α,β-unsaturated/α-hetero) is 1. The van der Waals surface area contributed by atoms with Crippen molar-refractivity contribution in [2.45, 2.75) is 118 Å². The maximum Gasteiger partial charge on any atom is 0.316 e. The fraction of sp³-hybridized carbons (Fsp3) is 0.706. The van der Waals surface area contributed by atoms with Gasteiger partial charge < -0.3 is 31.5 Å². The molecule has 1 unspecified atom stereocenters. The molecule has 0 aromatic heterocycles. The summed E-state index contributed by atoms with van der Waals surface area (Å²) < 4.78 is 0. The number of likely N-dealkylation sites (tertiary alicyclic amines) is 1. The van der Waals surface area contributed by atoms with Crippen molar-refractivity contribution in [2.75, 3.05) is 13.1 Å². The van der Waals surface area contributed by atoms with E-state index in [1.165, 1.54) is 11.0 Å². The van der Waals surface area contributed by atoms with E-state index in [9.17, 15) is 28.8 Å². The number of carbonyl (C=O) groups is 6. The van der Waals surface area contributed by atoms with Crippen LogP contribution < -0.4 is 26.6 Å². The number of nitrogens with one attached hydrogen (secondary N) is 5. The van der Waals surface area contributed by atoms with Gasteiger partial charge in [0.15, 0.2) is 0 Å². The van der Waals surface area contributed by atoms with Crippen LogP contribution in [0.4, 0.5) is 4.79 Å². The van der Waals surface area contributed by atoms with E-state index >= 15 is 0 Å². The monoisotopic (exact) mass is 644 g/mol. The Morgan fingerprint density at radius 3 is 2.11 bits per heavy atom. The maximum atomic E-state index is 14.2. The van der Waals surface area contributed by atoms with Gasteiger partial charge in [0.1, 0.15) is 18.1 Å². The highest BCUT2D eigenvalue weighted by atomic mass is 16.2. The summed E-state index contributed by atoms with van der Waals surface area (Å²) in [5, 5.41) is 13.5. The van der Waals surface area contributed by atoms with Crippen molar-refractivity contribution in [1.29, 1.82) is 0 Å². The number of ketones is 1. The molecule has 1 aliphatic heterocycles. The van der Waals surface area contributed by atoms with Crippen molar-refractivity contribution in [3.63, 3.8) is 0 Å². The molecule has 1 heterocycles. The fourth-order valence-corrected chi connectivity index (χ4v) is 6.13. The normalized spacial score (nSPS) is 21.9. The van der Waals surface area contributed by atoms with Crippen LogP contribution in [0.1, 0.15) is 88.5 Å². The molecule has 1 saturated heterocycles. The van der Waals surface area contributed by atoms with E-state index < -0.39 is 70.6 Å². The molecule has 2 rings (SSSR count). The predicted molar refractivity (Wildman–Crippen MR) is 177 cm³/mol. The highest BCUT2D eigenvalue weighted by Crippen LogP contribution is 2.65. The van der Waals surface area contributed by atoms with E-state index in [-0.39, 0.29) is 30.2 Å². The fourth-order valence-electron chi connectivity index (χ4n) is 6.13. The molecule has 0 spiro atoms. The lowest BCUT2D eigenvalue weighted by molar-refractivity contribution is -0.145. The lowest BCUT2D eigenvalue weighted by atomic mass is 9.85. The van der Waals surface area contributed by atoms with Gasteiger partial charge in [-0.2, -0.15) is 0 Å². The van der Waals surface area contributed by atoms with Crippen LogP contribution >= 0.6 is 0 Å². The minimum atomic E-state index is -1.05. The van der Waals surface area contributed by atoms with E-state index in [0.717, 1.165) is 6.42 Å². The van der Waals surface area contributed by atoms with Gasteiger partial charge in [0.25, 0.3) is 5.91 Å². The van der Waals surface area contributed by atoms with Gasteiger partial charge in [0, 0.05) is 18.6 Å². The molecular formula is C34H56N6O6. The molecule has 1 aliphatic carbocycles. The van der Waals surface area contributed by atoms with E-state index in [4.69, 9.17) is 0 Å². The van der Waals surface area contributed by atoms with Gasteiger partial charge in [-0.05, 0) is 62.4 Å². The first-order valence-corrected chi connectivity index (χ1v) is 16.2. The first kappa shape index (κ1) is 38.5. The molecule has 12 heteroatoms. The quantitative estimate of drug-likeness (QED) is 0.144. The van der Waals surface area contributed by atoms with Crippen LogP contribution in [0.25, 0.3) is 0 Å². The summed E-state index contributed by atoms with van der Waals surface area (Å²) in [5.74, 6) is -3.05. The number of fused-ring (bicyclic) bond motifs is 1. The van der Waals surface area contributed by atoms with Gasteiger partial charge in [-0.25, -0.2) is 4.79 Å². The molecule has 258 valence electrons. The predicted octanol–water partition coefficient (Wildman–Crippen LogP) is 2.59. The molecular weight excluding hydrogens is 588 g/mol. The second kappa shape index (κ2) is 14.8. The molecule has 2 aliphatic rings. The molecule has 2 fully saturated rings. The molecule has 12 nitrogen and oxygen atoms in total. The third-order valence-electron chi connectivity index (χ3n) is 8.79. The van der Waals surface area contributed by atoms with Crippen LogP contribution in [0.3, 0.4) is 0 Å². The van der Waals surface area contributed by atoms with E-state index in [1.807, 2.05) is 41.5 Å². The second-order valence-electron chi connectivity index (χ2n) is 15.4.